The minimum atomic E-state index is -0.487. The van der Waals surface area contributed by atoms with Crippen LogP contribution in [0.1, 0.15) is 20.7 Å². The van der Waals surface area contributed by atoms with Crippen molar-refractivity contribution in [2.75, 3.05) is 7.11 Å². The molecule has 2 aromatic rings. The van der Waals surface area contributed by atoms with Gasteiger partial charge in [0.15, 0.2) is 6.29 Å². The van der Waals surface area contributed by atoms with E-state index < -0.39 is 5.97 Å². The van der Waals surface area contributed by atoms with Gasteiger partial charge in [-0.05, 0) is 24.3 Å². The van der Waals surface area contributed by atoms with Crippen LogP contribution in [0.5, 0.6) is 11.5 Å². The van der Waals surface area contributed by atoms with Crippen LogP contribution in [-0.2, 0) is 4.74 Å². The maximum atomic E-state index is 11.6. The number of hydrogen-bond acceptors (Lipinski definition) is 4. The predicted octanol–water partition coefficient (Wildman–Crippen LogP) is 3.08. The SMILES string of the molecule is COC(=O)c1ccccc1Oc1ccccc1C=O. The average molecular weight is 256 g/mol. The van der Waals surface area contributed by atoms with Gasteiger partial charge in [-0.3, -0.25) is 4.79 Å². The first-order valence-corrected chi connectivity index (χ1v) is 5.65. The number of rotatable bonds is 4. The Morgan fingerprint density at radius 1 is 1.00 bits per heavy atom. The first kappa shape index (κ1) is 12.8. The van der Waals surface area contributed by atoms with Crippen LogP contribution in [0.15, 0.2) is 48.5 Å². The number of benzene rings is 2. The molecule has 0 amide bonds. The number of ether oxygens (including phenoxy) is 2. The zero-order valence-corrected chi connectivity index (χ0v) is 10.3. The van der Waals surface area contributed by atoms with Crippen LogP contribution < -0.4 is 4.74 Å². The molecule has 0 aromatic heterocycles. The minimum Gasteiger partial charge on any atom is -0.465 e. The van der Waals surface area contributed by atoms with Gasteiger partial charge in [0, 0.05) is 0 Å². The summed E-state index contributed by atoms with van der Waals surface area (Å²) in [5.74, 6) is 0.261. The fraction of sp³-hybridized carbons (Fsp3) is 0.0667. The molecule has 0 fully saturated rings. The fourth-order valence-corrected chi connectivity index (χ4v) is 1.62. The maximum absolute atomic E-state index is 11.6. The molecule has 96 valence electrons. The Morgan fingerprint density at radius 2 is 1.63 bits per heavy atom. The number of methoxy groups -OCH3 is 1. The molecule has 0 radical (unpaired) electrons. The number of para-hydroxylation sites is 2. The zero-order chi connectivity index (χ0) is 13.7. The zero-order valence-electron chi connectivity index (χ0n) is 10.3. The lowest BCUT2D eigenvalue weighted by molar-refractivity contribution is 0.0598. The van der Waals surface area contributed by atoms with E-state index in [2.05, 4.69) is 4.74 Å². The second-order valence-electron chi connectivity index (χ2n) is 3.75. The van der Waals surface area contributed by atoms with E-state index in [-0.39, 0.29) is 0 Å². The van der Waals surface area contributed by atoms with Crippen LogP contribution in [0.3, 0.4) is 0 Å². The van der Waals surface area contributed by atoms with Gasteiger partial charge < -0.3 is 9.47 Å². The number of carbonyl (C=O) groups is 2. The molecule has 0 aliphatic rings. The standard InChI is InChI=1S/C15H12O4/c1-18-15(17)12-7-3-5-9-14(12)19-13-8-4-2-6-11(13)10-16/h2-10H,1H3. The van der Waals surface area contributed by atoms with E-state index in [1.165, 1.54) is 7.11 Å². The summed E-state index contributed by atoms with van der Waals surface area (Å²) >= 11 is 0. The van der Waals surface area contributed by atoms with E-state index >= 15 is 0 Å². The number of aldehydes is 1. The quantitative estimate of drug-likeness (QED) is 0.623. The van der Waals surface area contributed by atoms with Crippen LogP contribution in [0, 0.1) is 0 Å². The van der Waals surface area contributed by atoms with Gasteiger partial charge in [0.2, 0.25) is 0 Å². The highest BCUT2D eigenvalue weighted by Crippen LogP contribution is 2.27. The molecule has 0 bridgehead atoms. The molecule has 0 aliphatic carbocycles. The Morgan fingerprint density at radius 3 is 2.32 bits per heavy atom. The van der Waals surface area contributed by atoms with E-state index in [1.54, 1.807) is 48.5 Å². The van der Waals surface area contributed by atoms with Gasteiger partial charge in [-0.2, -0.15) is 0 Å². The van der Waals surface area contributed by atoms with Crippen molar-refractivity contribution in [1.29, 1.82) is 0 Å². The smallest absolute Gasteiger partial charge is 0.341 e. The highest BCUT2D eigenvalue weighted by molar-refractivity contribution is 5.92. The van der Waals surface area contributed by atoms with E-state index in [0.29, 0.717) is 28.9 Å². The second kappa shape index (κ2) is 5.82. The van der Waals surface area contributed by atoms with Crippen molar-refractivity contribution in [3.05, 3.63) is 59.7 Å². The van der Waals surface area contributed by atoms with Crippen molar-refractivity contribution in [2.45, 2.75) is 0 Å². The van der Waals surface area contributed by atoms with Gasteiger partial charge >= 0.3 is 5.97 Å². The van der Waals surface area contributed by atoms with E-state index in [4.69, 9.17) is 4.74 Å². The lowest BCUT2D eigenvalue weighted by Gasteiger charge is -2.10. The summed E-state index contributed by atoms with van der Waals surface area (Å²) in [4.78, 5) is 22.5. The largest absolute Gasteiger partial charge is 0.465 e. The van der Waals surface area contributed by atoms with Gasteiger partial charge in [-0.15, -0.1) is 0 Å². The minimum absolute atomic E-state index is 0.311. The van der Waals surface area contributed by atoms with Crippen molar-refractivity contribution in [3.63, 3.8) is 0 Å². The Kier molecular flexibility index (Phi) is 3.93. The molecule has 19 heavy (non-hydrogen) atoms. The van der Waals surface area contributed by atoms with Crippen LogP contribution in [0.4, 0.5) is 0 Å². The highest BCUT2D eigenvalue weighted by atomic mass is 16.5. The van der Waals surface area contributed by atoms with Crippen molar-refractivity contribution in [3.8, 4) is 11.5 Å². The molecule has 4 heteroatoms. The van der Waals surface area contributed by atoms with Gasteiger partial charge in [-0.25, -0.2) is 4.79 Å². The van der Waals surface area contributed by atoms with Crippen molar-refractivity contribution in [2.24, 2.45) is 0 Å². The van der Waals surface area contributed by atoms with Gasteiger partial charge in [-0.1, -0.05) is 24.3 Å². The summed E-state index contributed by atoms with van der Waals surface area (Å²) in [7, 11) is 1.30. The Hall–Kier alpha value is -2.62. The molecule has 0 heterocycles. The van der Waals surface area contributed by atoms with E-state index in [9.17, 15) is 9.59 Å². The molecule has 0 aliphatic heterocycles. The molecular formula is C15H12O4. The van der Waals surface area contributed by atoms with Gasteiger partial charge in [0.05, 0.1) is 12.7 Å². The fourth-order valence-electron chi connectivity index (χ4n) is 1.62. The Labute approximate surface area is 110 Å². The van der Waals surface area contributed by atoms with Crippen LogP contribution >= 0.6 is 0 Å². The maximum Gasteiger partial charge on any atom is 0.341 e. The summed E-state index contributed by atoms with van der Waals surface area (Å²) in [5.41, 5.74) is 0.730. The van der Waals surface area contributed by atoms with Crippen molar-refractivity contribution < 1.29 is 19.1 Å². The molecule has 0 N–H and O–H groups in total. The van der Waals surface area contributed by atoms with E-state index in [0.717, 1.165) is 0 Å². The summed E-state index contributed by atoms with van der Waals surface area (Å²) in [5, 5.41) is 0. The number of carbonyl (C=O) groups excluding carboxylic acids is 2. The molecule has 4 nitrogen and oxygen atoms in total. The monoisotopic (exact) mass is 256 g/mol. The Bertz CT molecular complexity index is 605. The normalized spacial score (nSPS) is 9.74. The van der Waals surface area contributed by atoms with Gasteiger partial charge in [0.1, 0.15) is 17.1 Å². The van der Waals surface area contributed by atoms with Crippen LogP contribution in [0.2, 0.25) is 0 Å². The summed E-state index contributed by atoms with van der Waals surface area (Å²) in [6, 6.07) is 13.5. The highest BCUT2D eigenvalue weighted by Gasteiger charge is 2.13. The first-order chi connectivity index (χ1) is 9.26. The van der Waals surface area contributed by atoms with Crippen molar-refractivity contribution >= 4 is 12.3 Å². The third-order valence-electron chi connectivity index (χ3n) is 2.56. The number of hydrogen-bond donors (Lipinski definition) is 0. The first-order valence-electron chi connectivity index (χ1n) is 5.65. The Balaban J connectivity index is 2.38. The molecule has 2 rings (SSSR count). The lowest BCUT2D eigenvalue weighted by atomic mass is 10.2. The molecule has 0 spiro atoms. The molecule has 0 unspecified atom stereocenters. The molecule has 0 atom stereocenters. The van der Waals surface area contributed by atoms with Crippen LogP contribution in [-0.4, -0.2) is 19.4 Å². The third-order valence-corrected chi connectivity index (χ3v) is 2.56. The van der Waals surface area contributed by atoms with E-state index in [1.807, 2.05) is 0 Å². The third kappa shape index (κ3) is 2.80. The van der Waals surface area contributed by atoms with Crippen molar-refractivity contribution in [1.82, 2.24) is 0 Å². The molecular weight excluding hydrogens is 244 g/mol. The molecule has 2 aromatic carbocycles. The number of esters is 1. The lowest BCUT2D eigenvalue weighted by Crippen LogP contribution is -2.03. The topological polar surface area (TPSA) is 52.6 Å². The predicted molar refractivity (Wildman–Crippen MR) is 69.7 cm³/mol. The molecule has 0 saturated heterocycles. The second-order valence-corrected chi connectivity index (χ2v) is 3.75. The molecule has 0 saturated carbocycles. The summed E-state index contributed by atoms with van der Waals surface area (Å²) in [6.45, 7) is 0. The average Bonchev–Trinajstić information content (AvgIpc) is 2.47. The van der Waals surface area contributed by atoms with Gasteiger partial charge in [0.25, 0.3) is 0 Å². The summed E-state index contributed by atoms with van der Waals surface area (Å²) in [6.07, 6.45) is 0.704. The summed E-state index contributed by atoms with van der Waals surface area (Å²) < 4.78 is 10.3. The van der Waals surface area contributed by atoms with Crippen LogP contribution in [0.25, 0.3) is 0 Å².